The van der Waals surface area contributed by atoms with Crippen molar-refractivity contribution in [1.82, 2.24) is 5.32 Å². The van der Waals surface area contributed by atoms with Gasteiger partial charge < -0.3 is 5.32 Å². The highest BCUT2D eigenvalue weighted by Gasteiger charge is 2.33. The Balaban J connectivity index is 2.25. The predicted octanol–water partition coefficient (Wildman–Crippen LogP) is 2.19. The Kier molecular flexibility index (Phi) is 3.40. The van der Waals surface area contributed by atoms with Crippen molar-refractivity contribution in [3.05, 3.63) is 28.8 Å². The van der Waals surface area contributed by atoms with E-state index in [2.05, 4.69) is 5.32 Å². The molecule has 0 saturated carbocycles. The third-order valence-electron chi connectivity index (χ3n) is 2.59. The zero-order valence-electron chi connectivity index (χ0n) is 9.34. The van der Waals surface area contributed by atoms with Crippen LogP contribution in [-0.4, -0.2) is 17.9 Å². The molecule has 1 heterocycles. The summed E-state index contributed by atoms with van der Waals surface area (Å²) in [5.74, 6) is -1.07. The van der Waals surface area contributed by atoms with Crippen LogP contribution in [-0.2, 0) is 15.8 Å². The lowest BCUT2D eigenvalue weighted by Gasteiger charge is -2.14. The van der Waals surface area contributed by atoms with Crippen molar-refractivity contribution in [3.8, 4) is 0 Å². The van der Waals surface area contributed by atoms with Crippen molar-refractivity contribution in [2.75, 3.05) is 5.32 Å². The summed E-state index contributed by atoms with van der Waals surface area (Å²) in [4.78, 5) is 22.3. The fraction of sp³-hybridized carbons (Fsp3) is 0.273. The molecule has 1 unspecified atom stereocenters. The topological polar surface area (TPSA) is 58.2 Å². The fourth-order valence-electron chi connectivity index (χ4n) is 1.67. The molecule has 0 bridgehead atoms. The lowest BCUT2D eigenvalue weighted by molar-refractivity contribution is -0.137. The van der Waals surface area contributed by atoms with Crippen LogP contribution in [0.15, 0.2) is 18.2 Å². The smallest absolute Gasteiger partial charge is 0.372 e. The first-order valence-electron chi connectivity index (χ1n) is 5.24. The molecule has 8 heteroatoms. The highest BCUT2D eigenvalue weighted by molar-refractivity contribution is 6.33. The van der Waals surface area contributed by atoms with Crippen LogP contribution in [0.4, 0.5) is 18.9 Å². The molecule has 4 nitrogen and oxygen atoms in total. The molecule has 1 saturated heterocycles. The highest BCUT2D eigenvalue weighted by atomic mass is 35.5. The van der Waals surface area contributed by atoms with Crippen molar-refractivity contribution in [1.29, 1.82) is 0 Å². The standard InChI is InChI=1S/C11H8ClF3N2O2/c12-6-2-1-5(11(13,14)15)3-7(6)16-8-4-9(18)17-10(8)19/h1-3,8,16H,4H2,(H,17,18,19). The second-order valence-corrected chi connectivity index (χ2v) is 4.41. The summed E-state index contributed by atoms with van der Waals surface area (Å²) in [5.41, 5.74) is -0.921. The van der Waals surface area contributed by atoms with E-state index >= 15 is 0 Å². The third-order valence-corrected chi connectivity index (χ3v) is 2.92. The van der Waals surface area contributed by atoms with E-state index in [1.165, 1.54) is 0 Å². The van der Waals surface area contributed by atoms with Crippen molar-refractivity contribution in [3.63, 3.8) is 0 Å². The van der Waals surface area contributed by atoms with Gasteiger partial charge in [-0.15, -0.1) is 0 Å². The predicted molar refractivity (Wildman–Crippen MR) is 61.6 cm³/mol. The van der Waals surface area contributed by atoms with Gasteiger partial charge in [0.1, 0.15) is 6.04 Å². The maximum atomic E-state index is 12.5. The Hall–Kier alpha value is -1.76. The number of halogens is 4. The zero-order chi connectivity index (χ0) is 14.2. The minimum Gasteiger partial charge on any atom is -0.372 e. The molecular formula is C11H8ClF3N2O2. The summed E-state index contributed by atoms with van der Waals surface area (Å²) < 4.78 is 37.6. The largest absolute Gasteiger partial charge is 0.416 e. The van der Waals surface area contributed by atoms with E-state index in [1.807, 2.05) is 5.32 Å². The van der Waals surface area contributed by atoms with E-state index in [-0.39, 0.29) is 17.1 Å². The first-order chi connectivity index (χ1) is 8.77. The summed E-state index contributed by atoms with van der Waals surface area (Å²) in [5, 5.41) is 4.62. The van der Waals surface area contributed by atoms with Gasteiger partial charge in [-0.2, -0.15) is 13.2 Å². The van der Waals surface area contributed by atoms with Crippen molar-refractivity contribution in [2.24, 2.45) is 0 Å². The van der Waals surface area contributed by atoms with Crippen LogP contribution < -0.4 is 10.6 Å². The molecule has 2 amide bonds. The highest BCUT2D eigenvalue weighted by Crippen LogP contribution is 2.34. The molecular weight excluding hydrogens is 285 g/mol. The number of anilines is 1. The molecule has 1 aliphatic rings. The number of hydrogen-bond acceptors (Lipinski definition) is 3. The van der Waals surface area contributed by atoms with E-state index < -0.39 is 29.6 Å². The Bertz CT molecular complexity index is 545. The van der Waals surface area contributed by atoms with Crippen LogP contribution in [0.3, 0.4) is 0 Å². The van der Waals surface area contributed by atoms with Gasteiger partial charge in [0.15, 0.2) is 0 Å². The number of rotatable bonds is 2. The van der Waals surface area contributed by atoms with E-state index in [4.69, 9.17) is 11.6 Å². The molecule has 0 aromatic heterocycles. The Labute approximate surface area is 110 Å². The Morgan fingerprint density at radius 1 is 1.32 bits per heavy atom. The van der Waals surface area contributed by atoms with Gasteiger partial charge in [-0.1, -0.05) is 11.6 Å². The van der Waals surface area contributed by atoms with Gasteiger partial charge in [0.05, 0.1) is 22.7 Å². The van der Waals surface area contributed by atoms with Crippen molar-refractivity contribution >= 4 is 29.1 Å². The molecule has 0 aliphatic carbocycles. The number of carbonyl (C=O) groups is 2. The van der Waals surface area contributed by atoms with E-state index in [0.717, 1.165) is 18.2 Å². The second kappa shape index (κ2) is 4.73. The van der Waals surface area contributed by atoms with Gasteiger partial charge in [0, 0.05) is 0 Å². The molecule has 1 aromatic rings. The number of alkyl halides is 3. The van der Waals surface area contributed by atoms with E-state index in [1.54, 1.807) is 0 Å². The fourth-order valence-corrected chi connectivity index (χ4v) is 1.84. The number of hydrogen-bond donors (Lipinski definition) is 2. The summed E-state index contributed by atoms with van der Waals surface area (Å²) in [7, 11) is 0. The van der Waals surface area contributed by atoms with Crippen LogP contribution >= 0.6 is 11.6 Å². The Morgan fingerprint density at radius 2 is 2.00 bits per heavy atom. The zero-order valence-corrected chi connectivity index (χ0v) is 10.1. The number of amides is 2. The van der Waals surface area contributed by atoms with Crippen molar-refractivity contribution in [2.45, 2.75) is 18.6 Å². The summed E-state index contributed by atoms with van der Waals surface area (Å²) in [6.07, 6.45) is -4.64. The second-order valence-electron chi connectivity index (χ2n) is 4.01. The van der Waals surface area contributed by atoms with Crippen LogP contribution in [0.25, 0.3) is 0 Å². The molecule has 0 spiro atoms. The van der Waals surface area contributed by atoms with Gasteiger partial charge in [-0.25, -0.2) is 0 Å². The number of nitrogens with one attached hydrogen (secondary N) is 2. The van der Waals surface area contributed by atoms with Gasteiger partial charge in [-0.05, 0) is 18.2 Å². The van der Waals surface area contributed by atoms with E-state index in [0.29, 0.717) is 0 Å². The average Bonchev–Trinajstić information content (AvgIpc) is 2.59. The number of benzene rings is 1. The average molecular weight is 293 g/mol. The van der Waals surface area contributed by atoms with Crippen LogP contribution in [0.2, 0.25) is 5.02 Å². The summed E-state index contributed by atoms with van der Waals surface area (Å²) in [6, 6.07) is 1.82. The van der Waals surface area contributed by atoms with Crippen LogP contribution in [0.1, 0.15) is 12.0 Å². The SMILES string of the molecule is O=C1CC(Nc2cc(C(F)(F)F)ccc2Cl)C(=O)N1. The van der Waals surface area contributed by atoms with Gasteiger partial charge >= 0.3 is 6.18 Å². The summed E-state index contributed by atoms with van der Waals surface area (Å²) in [6.45, 7) is 0. The van der Waals surface area contributed by atoms with Crippen molar-refractivity contribution < 1.29 is 22.8 Å². The number of imide groups is 1. The van der Waals surface area contributed by atoms with Crippen LogP contribution in [0.5, 0.6) is 0 Å². The monoisotopic (exact) mass is 292 g/mol. The molecule has 0 radical (unpaired) electrons. The maximum Gasteiger partial charge on any atom is 0.416 e. The normalized spacial score (nSPS) is 19.5. The molecule has 102 valence electrons. The molecule has 1 atom stereocenters. The van der Waals surface area contributed by atoms with Gasteiger partial charge in [0.25, 0.3) is 0 Å². The maximum absolute atomic E-state index is 12.5. The minimum atomic E-state index is -4.51. The molecule has 2 N–H and O–H groups in total. The quantitative estimate of drug-likeness (QED) is 0.822. The third kappa shape index (κ3) is 2.98. The first-order valence-corrected chi connectivity index (χ1v) is 5.62. The molecule has 19 heavy (non-hydrogen) atoms. The van der Waals surface area contributed by atoms with Gasteiger partial charge in [-0.3, -0.25) is 14.9 Å². The Morgan fingerprint density at radius 3 is 2.53 bits per heavy atom. The molecule has 1 fully saturated rings. The van der Waals surface area contributed by atoms with Gasteiger partial charge in [0.2, 0.25) is 11.8 Å². The lowest BCUT2D eigenvalue weighted by atomic mass is 10.1. The lowest BCUT2D eigenvalue weighted by Crippen LogP contribution is -2.30. The summed E-state index contributed by atoms with van der Waals surface area (Å²) >= 11 is 5.76. The van der Waals surface area contributed by atoms with Crippen LogP contribution in [0, 0.1) is 0 Å². The molecule has 2 rings (SSSR count). The minimum absolute atomic E-state index is 0.0358. The molecule has 1 aliphatic heterocycles. The number of carbonyl (C=O) groups excluding carboxylic acids is 2. The first kappa shape index (κ1) is 13.7. The van der Waals surface area contributed by atoms with E-state index in [9.17, 15) is 22.8 Å². The molecule has 1 aromatic carbocycles.